The van der Waals surface area contributed by atoms with Crippen molar-refractivity contribution in [2.75, 3.05) is 24.1 Å². The summed E-state index contributed by atoms with van der Waals surface area (Å²) in [5.74, 6) is -0.0122. The summed E-state index contributed by atoms with van der Waals surface area (Å²) in [4.78, 5) is 14.0. The number of carbonyl (C=O) groups excluding carboxylic acids is 1. The van der Waals surface area contributed by atoms with Crippen molar-refractivity contribution in [3.05, 3.63) is 29.8 Å². The molecule has 0 saturated carbocycles. The van der Waals surface area contributed by atoms with Gasteiger partial charge in [-0.05, 0) is 37.1 Å². The minimum Gasteiger partial charge on any atom is -0.311 e. The molecule has 0 amide bonds. The van der Waals surface area contributed by atoms with Gasteiger partial charge in [0.1, 0.15) is 0 Å². The van der Waals surface area contributed by atoms with Gasteiger partial charge in [0, 0.05) is 30.3 Å². The lowest BCUT2D eigenvalue weighted by Crippen LogP contribution is -2.33. The molecule has 1 aromatic carbocycles. The molecule has 0 aliphatic carbocycles. The summed E-state index contributed by atoms with van der Waals surface area (Å²) in [7, 11) is -3.31. The Morgan fingerprint density at radius 2 is 1.86 bits per heavy atom. The maximum atomic E-state index is 12.4. The Morgan fingerprint density at radius 3 is 2.33 bits per heavy atom. The zero-order chi connectivity index (χ0) is 15.5. The summed E-state index contributed by atoms with van der Waals surface area (Å²) in [6.45, 7) is 1.22. The molecule has 1 aliphatic heterocycles. The van der Waals surface area contributed by atoms with Crippen LogP contribution >= 0.6 is 0 Å². The van der Waals surface area contributed by atoms with Crippen molar-refractivity contribution >= 4 is 21.5 Å². The molecule has 0 aromatic heterocycles. The lowest BCUT2D eigenvalue weighted by atomic mass is 9.89. The molecule has 112 valence electrons. The van der Waals surface area contributed by atoms with Crippen LogP contribution in [0.4, 0.5) is 5.69 Å². The van der Waals surface area contributed by atoms with E-state index in [2.05, 4.69) is 10.9 Å². The van der Waals surface area contributed by atoms with Crippen LogP contribution in [-0.4, -0.2) is 38.4 Å². The van der Waals surface area contributed by atoms with Gasteiger partial charge in [-0.3, -0.25) is 9.52 Å². The molecule has 1 fully saturated rings. The first-order chi connectivity index (χ1) is 9.89. The average Bonchev–Trinajstić information content (AvgIpc) is 2.46. The first kappa shape index (κ1) is 15.3. The highest BCUT2D eigenvalue weighted by molar-refractivity contribution is 7.92. The first-order valence-corrected chi connectivity index (χ1v) is 8.55. The number of Topliss-reactive ketones (excluding diaryl/α,β-unsaturated/α-hetero) is 1. The molecule has 2 rings (SSSR count). The second-order valence-electron chi connectivity index (χ2n) is 5.18. The number of nitrogens with one attached hydrogen (secondary N) is 1. The van der Waals surface area contributed by atoms with E-state index in [4.69, 9.17) is 5.26 Å². The van der Waals surface area contributed by atoms with Crippen LogP contribution < -0.4 is 4.72 Å². The summed E-state index contributed by atoms with van der Waals surface area (Å²) in [6, 6.07) is 6.43. The third kappa shape index (κ3) is 4.20. The van der Waals surface area contributed by atoms with Crippen molar-refractivity contribution in [2.24, 2.45) is 5.92 Å². The number of sulfonamides is 1. The van der Waals surface area contributed by atoms with Gasteiger partial charge in [-0.25, -0.2) is 8.42 Å². The molecule has 1 aromatic rings. The molecule has 0 atom stereocenters. The third-order valence-electron chi connectivity index (χ3n) is 3.48. The Hall–Kier alpha value is -2.07. The Bertz CT molecular complexity index is 654. The van der Waals surface area contributed by atoms with Crippen molar-refractivity contribution in [3.63, 3.8) is 0 Å². The molecule has 1 aliphatic rings. The zero-order valence-electron chi connectivity index (χ0n) is 11.7. The van der Waals surface area contributed by atoms with Crippen LogP contribution in [0.15, 0.2) is 24.3 Å². The van der Waals surface area contributed by atoms with Gasteiger partial charge in [-0.1, -0.05) is 0 Å². The fraction of sp³-hybridized carbons (Fsp3) is 0.429. The third-order valence-corrected chi connectivity index (χ3v) is 4.09. The van der Waals surface area contributed by atoms with E-state index >= 15 is 0 Å². The molecule has 0 spiro atoms. The molecule has 1 saturated heterocycles. The molecule has 21 heavy (non-hydrogen) atoms. The number of benzene rings is 1. The quantitative estimate of drug-likeness (QED) is 0.671. The number of hydrogen-bond donors (Lipinski definition) is 1. The smallest absolute Gasteiger partial charge is 0.229 e. The molecule has 7 heteroatoms. The van der Waals surface area contributed by atoms with Gasteiger partial charge in [-0.15, -0.1) is 0 Å². The van der Waals surface area contributed by atoms with E-state index in [1.165, 1.54) is 0 Å². The Kier molecular flexibility index (Phi) is 4.48. The second kappa shape index (κ2) is 6.14. The molecule has 0 radical (unpaired) electrons. The van der Waals surface area contributed by atoms with Crippen LogP contribution in [0.2, 0.25) is 0 Å². The summed E-state index contributed by atoms with van der Waals surface area (Å²) >= 11 is 0. The largest absolute Gasteiger partial charge is 0.311 e. The number of rotatable bonds is 4. The lowest BCUT2D eigenvalue weighted by Gasteiger charge is -2.27. The molecule has 1 heterocycles. The molecular weight excluding hydrogens is 290 g/mol. The molecular formula is C14H17N3O3S. The van der Waals surface area contributed by atoms with Gasteiger partial charge < -0.3 is 4.90 Å². The van der Waals surface area contributed by atoms with Gasteiger partial charge in [0.05, 0.1) is 6.26 Å². The zero-order valence-corrected chi connectivity index (χ0v) is 12.6. The van der Waals surface area contributed by atoms with Crippen LogP contribution in [-0.2, 0) is 10.0 Å². The van der Waals surface area contributed by atoms with Gasteiger partial charge in [-0.2, -0.15) is 5.26 Å². The summed E-state index contributed by atoms with van der Waals surface area (Å²) in [6.07, 6.45) is 4.52. The predicted octanol–water partition coefficient (Wildman–Crippen LogP) is 1.43. The minimum atomic E-state index is -3.31. The van der Waals surface area contributed by atoms with E-state index in [1.807, 2.05) is 0 Å². The first-order valence-electron chi connectivity index (χ1n) is 6.66. The highest BCUT2D eigenvalue weighted by atomic mass is 32.2. The Labute approximate surface area is 124 Å². The van der Waals surface area contributed by atoms with Gasteiger partial charge in [0.15, 0.2) is 12.0 Å². The lowest BCUT2D eigenvalue weighted by molar-refractivity contribution is 0.0868. The van der Waals surface area contributed by atoms with Crippen molar-refractivity contribution in [3.8, 4) is 6.19 Å². The standard InChI is InChI=1S/C14H17N3O3S/c1-21(19,20)16-13-4-2-11(3-5-13)14(18)12-6-8-17(10-15)9-7-12/h2-5,12,16H,6-9H2,1H3. The number of ketones is 1. The number of carbonyl (C=O) groups is 1. The summed E-state index contributed by atoms with van der Waals surface area (Å²) in [5, 5.41) is 8.79. The van der Waals surface area contributed by atoms with Gasteiger partial charge in [0.25, 0.3) is 0 Å². The normalized spacial score (nSPS) is 16.3. The van der Waals surface area contributed by atoms with Crippen molar-refractivity contribution < 1.29 is 13.2 Å². The highest BCUT2D eigenvalue weighted by Gasteiger charge is 2.25. The van der Waals surface area contributed by atoms with Crippen molar-refractivity contribution in [1.82, 2.24) is 4.90 Å². The summed E-state index contributed by atoms with van der Waals surface area (Å²) < 4.78 is 24.6. The number of nitriles is 1. The molecule has 6 nitrogen and oxygen atoms in total. The number of nitrogens with zero attached hydrogens (tertiary/aromatic N) is 2. The average molecular weight is 307 g/mol. The Morgan fingerprint density at radius 1 is 1.29 bits per heavy atom. The minimum absolute atomic E-state index is 0.0542. The summed E-state index contributed by atoms with van der Waals surface area (Å²) in [5.41, 5.74) is 1.01. The van der Waals surface area contributed by atoms with Crippen LogP contribution in [0.1, 0.15) is 23.2 Å². The van der Waals surface area contributed by atoms with Crippen molar-refractivity contribution in [1.29, 1.82) is 5.26 Å². The predicted molar refractivity (Wildman–Crippen MR) is 79.1 cm³/mol. The highest BCUT2D eigenvalue weighted by Crippen LogP contribution is 2.22. The van der Waals surface area contributed by atoms with E-state index < -0.39 is 10.0 Å². The maximum absolute atomic E-state index is 12.4. The fourth-order valence-electron chi connectivity index (χ4n) is 2.39. The fourth-order valence-corrected chi connectivity index (χ4v) is 2.96. The number of hydrogen-bond acceptors (Lipinski definition) is 5. The van der Waals surface area contributed by atoms with Gasteiger partial charge >= 0.3 is 0 Å². The van der Waals surface area contributed by atoms with Gasteiger partial charge in [0.2, 0.25) is 10.0 Å². The van der Waals surface area contributed by atoms with Crippen LogP contribution in [0.5, 0.6) is 0 Å². The van der Waals surface area contributed by atoms with Crippen LogP contribution in [0.3, 0.4) is 0 Å². The second-order valence-corrected chi connectivity index (χ2v) is 6.93. The van der Waals surface area contributed by atoms with Crippen LogP contribution in [0.25, 0.3) is 0 Å². The number of anilines is 1. The molecule has 0 unspecified atom stereocenters. The van der Waals surface area contributed by atoms with E-state index in [0.717, 1.165) is 6.26 Å². The van der Waals surface area contributed by atoms with Crippen molar-refractivity contribution in [2.45, 2.75) is 12.8 Å². The molecule has 0 bridgehead atoms. The monoisotopic (exact) mass is 307 g/mol. The maximum Gasteiger partial charge on any atom is 0.229 e. The SMILES string of the molecule is CS(=O)(=O)Nc1ccc(C(=O)C2CCN(C#N)CC2)cc1. The topological polar surface area (TPSA) is 90.3 Å². The van der Waals surface area contributed by atoms with E-state index in [-0.39, 0.29) is 11.7 Å². The van der Waals surface area contributed by atoms with Crippen LogP contribution in [0, 0.1) is 17.4 Å². The van der Waals surface area contributed by atoms with E-state index in [1.54, 1.807) is 29.2 Å². The van der Waals surface area contributed by atoms with E-state index in [9.17, 15) is 13.2 Å². The number of piperidine rings is 1. The Balaban J connectivity index is 2.02. The number of likely N-dealkylation sites (tertiary alicyclic amines) is 1. The van der Waals surface area contributed by atoms with E-state index in [0.29, 0.717) is 37.2 Å². The molecule has 1 N–H and O–H groups in total.